The lowest BCUT2D eigenvalue weighted by Crippen LogP contribution is -1.94. The van der Waals surface area contributed by atoms with Gasteiger partial charge in [0.2, 0.25) is 0 Å². The molecule has 0 fully saturated rings. The molecule has 0 amide bonds. The average Bonchev–Trinajstić information content (AvgIpc) is 2.74. The van der Waals surface area contributed by atoms with E-state index in [1.54, 1.807) is 0 Å². The first kappa shape index (κ1) is 11.6. The van der Waals surface area contributed by atoms with Crippen LogP contribution in [-0.2, 0) is 12.5 Å². The zero-order valence-electron chi connectivity index (χ0n) is 8.19. The predicted molar refractivity (Wildman–Crippen MR) is 65.3 cm³/mol. The van der Waals surface area contributed by atoms with Gasteiger partial charge in [-0.05, 0) is 17.7 Å². The fourth-order valence-electron chi connectivity index (χ4n) is 1.12. The van der Waals surface area contributed by atoms with E-state index >= 15 is 0 Å². The highest BCUT2D eigenvalue weighted by atomic mass is 35.5. The zero-order chi connectivity index (χ0) is 11.4. The summed E-state index contributed by atoms with van der Waals surface area (Å²) in [6.45, 7) is 0.428. The summed E-state index contributed by atoms with van der Waals surface area (Å²) in [5, 5.41) is 9.67. The van der Waals surface area contributed by atoms with Crippen molar-refractivity contribution in [2.75, 3.05) is 0 Å². The van der Waals surface area contributed by atoms with Gasteiger partial charge < -0.3 is 4.74 Å². The van der Waals surface area contributed by atoms with Crippen LogP contribution >= 0.6 is 34.5 Å². The molecule has 0 unspecified atom stereocenters. The number of ether oxygens (including phenoxy) is 1. The minimum Gasteiger partial charge on any atom is -0.464 e. The standard InChI is InChI=1S/C10H8Cl2N2OS/c11-5-9-13-14-10(16-9)15-6-7-2-1-3-8(12)4-7/h1-4H,5-6H2. The molecule has 1 aromatic carbocycles. The summed E-state index contributed by atoms with van der Waals surface area (Å²) >= 11 is 12.8. The minimum absolute atomic E-state index is 0.359. The molecule has 16 heavy (non-hydrogen) atoms. The SMILES string of the molecule is ClCc1nnc(OCc2cccc(Cl)c2)s1. The number of nitrogens with zero attached hydrogens (tertiary/aromatic N) is 2. The Labute approximate surface area is 107 Å². The number of aromatic nitrogens is 2. The molecule has 0 aliphatic rings. The highest BCUT2D eigenvalue weighted by Crippen LogP contribution is 2.20. The largest absolute Gasteiger partial charge is 0.464 e. The maximum absolute atomic E-state index is 5.85. The van der Waals surface area contributed by atoms with Crippen molar-refractivity contribution in [3.8, 4) is 5.19 Å². The molecule has 1 heterocycles. The van der Waals surface area contributed by atoms with E-state index in [0.29, 0.717) is 22.7 Å². The van der Waals surface area contributed by atoms with Crippen LogP contribution in [0.25, 0.3) is 0 Å². The molecule has 2 rings (SSSR count). The molecule has 0 saturated heterocycles. The smallest absolute Gasteiger partial charge is 0.294 e. The molecule has 2 aromatic rings. The third-order valence-electron chi connectivity index (χ3n) is 1.81. The van der Waals surface area contributed by atoms with Crippen LogP contribution in [0.2, 0.25) is 5.02 Å². The van der Waals surface area contributed by atoms with Gasteiger partial charge in [-0.3, -0.25) is 0 Å². The molecule has 0 radical (unpaired) electrons. The van der Waals surface area contributed by atoms with Crippen LogP contribution in [0.3, 0.4) is 0 Å². The van der Waals surface area contributed by atoms with Crippen LogP contribution < -0.4 is 4.74 Å². The Kier molecular flexibility index (Phi) is 3.98. The van der Waals surface area contributed by atoms with Gasteiger partial charge in [0.25, 0.3) is 5.19 Å². The Morgan fingerprint density at radius 1 is 1.31 bits per heavy atom. The van der Waals surface area contributed by atoms with Crippen molar-refractivity contribution >= 4 is 34.5 Å². The van der Waals surface area contributed by atoms with Crippen molar-refractivity contribution in [3.63, 3.8) is 0 Å². The third-order valence-corrected chi connectivity index (χ3v) is 3.30. The first-order valence-corrected chi connectivity index (χ1v) is 6.26. The topological polar surface area (TPSA) is 35.0 Å². The molecule has 1 aromatic heterocycles. The third kappa shape index (κ3) is 3.07. The molecule has 0 N–H and O–H groups in total. The van der Waals surface area contributed by atoms with E-state index in [4.69, 9.17) is 27.9 Å². The molecule has 0 aliphatic carbocycles. The van der Waals surface area contributed by atoms with Gasteiger partial charge in [-0.25, -0.2) is 0 Å². The van der Waals surface area contributed by atoms with Crippen molar-refractivity contribution in [2.45, 2.75) is 12.5 Å². The van der Waals surface area contributed by atoms with E-state index in [9.17, 15) is 0 Å². The fraction of sp³-hybridized carbons (Fsp3) is 0.200. The van der Waals surface area contributed by atoms with Crippen LogP contribution in [0.15, 0.2) is 24.3 Å². The summed E-state index contributed by atoms with van der Waals surface area (Å²) in [5.41, 5.74) is 0.995. The van der Waals surface area contributed by atoms with Gasteiger partial charge in [0.15, 0.2) is 0 Å². The Balaban J connectivity index is 1.96. The second-order valence-corrected chi connectivity index (χ2v) is 4.74. The highest BCUT2D eigenvalue weighted by Gasteiger charge is 2.04. The number of rotatable bonds is 4. The molecule has 0 spiro atoms. The average molecular weight is 275 g/mol. The summed E-state index contributed by atoms with van der Waals surface area (Å²) in [6, 6.07) is 7.49. The zero-order valence-corrected chi connectivity index (χ0v) is 10.5. The summed E-state index contributed by atoms with van der Waals surface area (Å²) in [7, 11) is 0. The molecular formula is C10H8Cl2N2OS. The maximum atomic E-state index is 5.85. The number of hydrogen-bond acceptors (Lipinski definition) is 4. The monoisotopic (exact) mass is 274 g/mol. The van der Waals surface area contributed by atoms with Gasteiger partial charge in [0.05, 0.1) is 5.88 Å². The van der Waals surface area contributed by atoms with Gasteiger partial charge in [-0.1, -0.05) is 35.1 Å². The van der Waals surface area contributed by atoms with Crippen molar-refractivity contribution in [1.82, 2.24) is 10.2 Å². The van der Waals surface area contributed by atoms with Crippen LogP contribution in [0.4, 0.5) is 0 Å². The number of benzene rings is 1. The van der Waals surface area contributed by atoms with Crippen LogP contribution in [-0.4, -0.2) is 10.2 Å². The molecule has 6 heteroatoms. The molecule has 0 atom stereocenters. The summed E-state index contributed by atoms with van der Waals surface area (Å²) in [5.74, 6) is 0.359. The molecular weight excluding hydrogens is 267 g/mol. The molecule has 3 nitrogen and oxygen atoms in total. The highest BCUT2D eigenvalue weighted by molar-refractivity contribution is 7.13. The predicted octanol–water partition coefficient (Wildman–Crippen LogP) is 3.51. The maximum Gasteiger partial charge on any atom is 0.294 e. The lowest BCUT2D eigenvalue weighted by molar-refractivity contribution is 0.302. The Morgan fingerprint density at radius 2 is 2.19 bits per heavy atom. The van der Waals surface area contributed by atoms with E-state index in [1.165, 1.54) is 11.3 Å². The fourth-order valence-corrected chi connectivity index (χ4v) is 2.09. The molecule has 84 valence electrons. The van der Waals surface area contributed by atoms with E-state index in [1.807, 2.05) is 24.3 Å². The normalized spacial score (nSPS) is 10.4. The van der Waals surface area contributed by atoms with E-state index in [2.05, 4.69) is 10.2 Å². The quantitative estimate of drug-likeness (QED) is 0.801. The van der Waals surface area contributed by atoms with Gasteiger partial charge in [-0.15, -0.1) is 21.8 Å². The summed E-state index contributed by atoms with van der Waals surface area (Å²) < 4.78 is 5.46. The second-order valence-electron chi connectivity index (χ2n) is 3.01. The first-order chi connectivity index (χ1) is 7.78. The van der Waals surface area contributed by atoms with E-state index < -0.39 is 0 Å². The molecule has 0 saturated carbocycles. The van der Waals surface area contributed by atoms with E-state index in [0.717, 1.165) is 10.6 Å². The first-order valence-electron chi connectivity index (χ1n) is 4.53. The minimum atomic E-state index is 0.359. The van der Waals surface area contributed by atoms with Crippen LogP contribution in [0, 0.1) is 0 Å². The van der Waals surface area contributed by atoms with Gasteiger partial charge in [-0.2, -0.15) is 0 Å². The Morgan fingerprint density at radius 3 is 2.88 bits per heavy atom. The van der Waals surface area contributed by atoms with Crippen molar-refractivity contribution in [2.24, 2.45) is 0 Å². The van der Waals surface area contributed by atoms with Gasteiger partial charge >= 0.3 is 0 Å². The lowest BCUT2D eigenvalue weighted by Gasteiger charge is -2.01. The van der Waals surface area contributed by atoms with Crippen LogP contribution in [0.5, 0.6) is 5.19 Å². The van der Waals surface area contributed by atoms with Crippen molar-refractivity contribution < 1.29 is 4.74 Å². The number of hydrogen-bond donors (Lipinski definition) is 0. The molecule has 0 aliphatic heterocycles. The van der Waals surface area contributed by atoms with Crippen molar-refractivity contribution in [1.29, 1.82) is 0 Å². The number of alkyl halides is 1. The second kappa shape index (κ2) is 5.48. The van der Waals surface area contributed by atoms with Crippen molar-refractivity contribution in [3.05, 3.63) is 39.9 Å². The Hall–Kier alpha value is -0.840. The summed E-state index contributed by atoms with van der Waals surface area (Å²) in [6.07, 6.45) is 0. The van der Waals surface area contributed by atoms with E-state index in [-0.39, 0.29) is 0 Å². The van der Waals surface area contributed by atoms with Gasteiger partial charge in [0, 0.05) is 5.02 Å². The molecule has 0 bridgehead atoms. The summed E-state index contributed by atoms with van der Waals surface area (Å²) in [4.78, 5) is 0. The number of halogens is 2. The van der Waals surface area contributed by atoms with Gasteiger partial charge in [0.1, 0.15) is 11.6 Å². The van der Waals surface area contributed by atoms with Crippen LogP contribution in [0.1, 0.15) is 10.6 Å². The lowest BCUT2D eigenvalue weighted by atomic mass is 10.2. The Bertz CT molecular complexity index is 475.